The lowest BCUT2D eigenvalue weighted by Crippen LogP contribution is -2.08. The van der Waals surface area contributed by atoms with Gasteiger partial charge in [0, 0.05) is 37.3 Å². The summed E-state index contributed by atoms with van der Waals surface area (Å²) in [5.41, 5.74) is 4.49. The summed E-state index contributed by atoms with van der Waals surface area (Å²) >= 11 is 0. The molecule has 4 heteroatoms. The molecule has 4 nitrogen and oxygen atoms in total. The quantitative estimate of drug-likeness (QED) is 0.884. The Morgan fingerprint density at radius 2 is 1.95 bits per heavy atom. The number of hydrogen-bond acceptors (Lipinski definition) is 4. The van der Waals surface area contributed by atoms with Crippen LogP contribution in [0.15, 0.2) is 18.3 Å². The van der Waals surface area contributed by atoms with Gasteiger partial charge in [-0.15, -0.1) is 0 Å². The second-order valence-electron chi connectivity index (χ2n) is 5.25. The first-order valence-corrected chi connectivity index (χ1v) is 7.65. The molecule has 21 heavy (non-hydrogen) atoms. The van der Waals surface area contributed by atoms with Crippen LogP contribution in [0.5, 0.6) is 0 Å². The molecule has 2 rings (SSSR count). The van der Waals surface area contributed by atoms with Crippen LogP contribution in [-0.4, -0.2) is 22.0 Å². The van der Waals surface area contributed by atoms with Gasteiger partial charge in [-0.05, 0) is 31.4 Å². The molecule has 2 heterocycles. The second kappa shape index (κ2) is 7.16. The molecule has 0 bridgehead atoms. The number of pyridine rings is 1. The maximum atomic E-state index is 4.72. The first kappa shape index (κ1) is 15.4. The summed E-state index contributed by atoms with van der Waals surface area (Å²) in [6, 6.07) is 4.24. The summed E-state index contributed by atoms with van der Waals surface area (Å²) in [6.45, 7) is 6.35. The molecule has 0 aromatic carbocycles. The van der Waals surface area contributed by atoms with E-state index in [1.54, 1.807) is 0 Å². The summed E-state index contributed by atoms with van der Waals surface area (Å²) < 4.78 is 0. The van der Waals surface area contributed by atoms with Gasteiger partial charge in [0.1, 0.15) is 11.6 Å². The predicted molar refractivity (Wildman–Crippen MR) is 86.7 cm³/mol. The van der Waals surface area contributed by atoms with E-state index in [0.29, 0.717) is 0 Å². The number of nitrogens with zero attached hydrogens (tertiary/aromatic N) is 3. The predicted octanol–water partition coefficient (Wildman–Crippen LogP) is 3.33. The topological polar surface area (TPSA) is 50.7 Å². The molecule has 0 amide bonds. The summed E-state index contributed by atoms with van der Waals surface area (Å²) in [4.78, 5) is 13.8. The minimum absolute atomic E-state index is 0.754. The third kappa shape index (κ3) is 3.78. The van der Waals surface area contributed by atoms with Crippen LogP contribution in [0.25, 0.3) is 0 Å². The second-order valence-corrected chi connectivity index (χ2v) is 5.25. The highest BCUT2D eigenvalue weighted by molar-refractivity contribution is 5.46. The van der Waals surface area contributed by atoms with Gasteiger partial charge in [0.25, 0.3) is 0 Å². The Balaban J connectivity index is 2.30. The third-order valence-corrected chi connectivity index (χ3v) is 3.65. The van der Waals surface area contributed by atoms with E-state index in [1.165, 1.54) is 5.56 Å². The molecule has 1 N–H and O–H groups in total. The Hall–Kier alpha value is -1.97. The van der Waals surface area contributed by atoms with Gasteiger partial charge in [-0.25, -0.2) is 9.97 Å². The highest BCUT2D eigenvalue weighted by Crippen LogP contribution is 2.18. The Labute approximate surface area is 127 Å². The zero-order chi connectivity index (χ0) is 15.2. The van der Waals surface area contributed by atoms with E-state index < -0.39 is 0 Å². The van der Waals surface area contributed by atoms with Gasteiger partial charge in [0.15, 0.2) is 0 Å². The van der Waals surface area contributed by atoms with E-state index in [4.69, 9.17) is 4.98 Å². The first-order chi connectivity index (χ1) is 10.2. The van der Waals surface area contributed by atoms with E-state index in [0.717, 1.165) is 54.3 Å². The number of aryl methyl sites for hydroxylation is 2. The van der Waals surface area contributed by atoms with Gasteiger partial charge in [-0.2, -0.15) is 0 Å². The molecule has 0 unspecified atom stereocenters. The number of hydrogen-bond donors (Lipinski definition) is 1. The lowest BCUT2D eigenvalue weighted by Gasteiger charge is -2.12. The molecule has 0 aliphatic heterocycles. The molecular weight excluding hydrogens is 260 g/mol. The number of nitrogens with one attached hydrogen (secondary N) is 1. The summed E-state index contributed by atoms with van der Waals surface area (Å²) in [5.74, 6) is 1.83. The van der Waals surface area contributed by atoms with Gasteiger partial charge < -0.3 is 5.32 Å². The van der Waals surface area contributed by atoms with Crippen LogP contribution >= 0.6 is 0 Å². The largest absolute Gasteiger partial charge is 0.373 e. The highest BCUT2D eigenvalue weighted by Gasteiger charge is 2.11. The van der Waals surface area contributed by atoms with E-state index >= 15 is 0 Å². The van der Waals surface area contributed by atoms with Crippen molar-refractivity contribution in [3.05, 3.63) is 46.7 Å². The Morgan fingerprint density at radius 3 is 2.52 bits per heavy atom. The highest BCUT2D eigenvalue weighted by atomic mass is 15.0. The molecular formula is C17H24N4. The van der Waals surface area contributed by atoms with Crippen molar-refractivity contribution in [3.63, 3.8) is 0 Å². The lowest BCUT2D eigenvalue weighted by atomic mass is 10.1. The van der Waals surface area contributed by atoms with Crippen molar-refractivity contribution in [1.29, 1.82) is 0 Å². The normalized spacial score (nSPS) is 10.7. The van der Waals surface area contributed by atoms with Crippen LogP contribution < -0.4 is 5.32 Å². The Morgan fingerprint density at radius 1 is 1.14 bits per heavy atom. The van der Waals surface area contributed by atoms with Gasteiger partial charge in [-0.1, -0.05) is 19.9 Å². The van der Waals surface area contributed by atoms with E-state index in [-0.39, 0.29) is 0 Å². The maximum Gasteiger partial charge on any atom is 0.132 e. The van der Waals surface area contributed by atoms with Gasteiger partial charge in [0.05, 0.1) is 5.69 Å². The minimum Gasteiger partial charge on any atom is -0.373 e. The van der Waals surface area contributed by atoms with Crippen molar-refractivity contribution in [2.45, 2.75) is 46.5 Å². The number of anilines is 1. The molecule has 2 aromatic heterocycles. The standard InChI is InChI=1S/C17H24N4/c1-5-7-16-20-15(12(3)17(18-4)21-16)10-14-9-8-13(6-2)11-19-14/h8-9,11H,5-7,10H2,1-4H3,(H,18,20,21). The van der Waals surface area contributed by atoms with Crippen LogP contribution in [0.2, 0.25) is 0 Å². The minimum atomic E-state index is 0.754. The van der Waals surface area contributed by atoms with Crippen molar-refractivity contribution in [1.82, 2.24) is 15.0 Å². The fourth-order valence-corrected chi connectivity index (χ4v) is 2.31. The van der Waals surface area contributed by atoms with E-state index in [9.17, 15) is 0 Å². The molecule has 0 aliphatic rings. The smallest absolute Gasteiger partial charge is 0.132 e. The fourth-order valence-electron chi connectivity index (χ4n) is 2.31. The molecule has 2 aromatic rings. The molecule has 0 aliphatic carbocycles. The molecule has 0 atom stereocenters. The number of aromatic nitrogens is 3. The zero-order valence-electron chi connectivity index (χ0n) is 13.4. The third-order valence-electron chi connectivity index (χ3n) is 3.65. The average Bonchev–Trinajstić information content (AvgIpc) is 2.51. The van der Waals surface area contributed by atoms with Crippen LogP contribution in [0, 0.1) is 6.92 Å². The van der Waals surface area contributed by atoms with Crippen molar-refractivity contribution < 1.29 is 0 Å². The van der Waals surface area contributed by atoms with Gasteiger partial charge in [-0.3, -0.25) is 4.98 Å². The molecule has 0 saturated carbocycles. The summed E-state index contributed by atoms with van der Waals surface area (Å²) in [5, 5.41) is 3.17. The van der Waals surface area contributed by atoms with Crippen LogP contribution in [0.3, 0.4) is 0 Å². The van der Waals surface area contributed by atoms with Gasteiger partial charge in [0.2, 0.25) is 0 Å². The van der Waals surface area contributed by atoms with Crippen molar-refractivity contribution in [2.75, 3.05) is 12.4 Å². The van der Waals surface area contributed by atoms with Crippen molar-refractivity contribution in [2.24, 2.45) is 0 Å². The molecule has 0 fully saturated rings. The summed E-state index contributed by atoms with van der Waals surface area (Å²) in [7, 11) is 1.91. The van der Waals surface area contributed by atoms with E-state index in [1.807, 2.05) is 13.2 Å². The monoisotopic (exact) mass is 284 g/mol. The average molecular weight is 284 g/mol. The Bertz CT molecular complexity index is 590. The first-order valence-electron chi connectivity index (χ1n) is 7.65. The molecule has 0 spiro atoms. The van der Waals surface area contributed by atoms with Gasteiger partial charge >= 0.3 is 0 Å². The number of rotatable bonds is 6. The lowest BCUT2D eigenvalue weighted by molar-refractivity contribution is 0.810. The molecule has 112 valence electrons. The fraction of sp³-hybridized carbons (Fsp3) is 0.471. The zero-order valence-corrected chi connectivity index (χ0v) is 13.4. The van der Waals surface area contributed by atoms with Crippen molar-refractivity contribution >= 4 is 5.82 Å². The van der Waals surface area contributed by atoms with Crippen LogP contribution in [0.1, 0.15) is 48.6 Å². The van der Waals surface area contributed by atoms with Crippen LogP contribution in [-0.2, 0) is 19.3 Å². The van der Waals surface area contributed by atoms with Crippen molar-refractivity contribution in [3.8, 4) is 0 Å². The van der Waals surface area contributed by atoms with E-state index in [2.05, 4.69) is 48.2 Å². The SMILES string of the molecule is CCCc1nc(Cc2ccc(CC)cn2)c(C)c(NC)n1. The maximum absolute atomic E-state index is 4.72. The summed E-state index contributed by atoms with van der Waals surface area (Å²) in [6.07, 6.45) is 5.69. The molecule has 0 saturated heterocycles. The molecule has 0 radical (unpaired) electrons. The van der Waals surface area contributed by atoms with Crippen LogP contribution in [0.4, 0.5) is 5.82 Å². The Kier molecular flexibility index (Phi) is 5.26.